The molecule has 0 spiro atoms. The highest BCUT2D eigenvalue weighted by molar-refractivity contribution is 9.11. The number of nitrogens with zero attached hydrogens (tertiary/aromatic N) is 1. The lowest BCUT2D eigenvalue weighted by atomic mass is 10.1. The quantitative estimate of drug-likeness (QED) is 0.791. The first kappa shape index (κ1) is 14.6. The molecule has 0 atom stereocenters. The van der Waals surface area contributed by atoms with Crippen LogP contribution in [-0.2, 0) is 13.1 Å². The van der Waals surface area contributed by atoms with Crippen LogP contribution in [0.3, 0.4) is 0 Å². The molecule has 4 heteroatoms. The van der Waals surface area contributed by atoms with E-state index < -0.39 is 0 Å². The normalized spacial score (nSPS) is 10.9. The van der Waals surface area contributed by atoms with E-state index >= 15 is 0 Å². The fourth-order valence-electron chi connectivity index (χ4n) is 1.99. The molecule has 2 aromatic carbocycles. The predicted molar refractivity (Wildman–Crippen MR) is 87.9 cm³/mol. The first-order valence-corrected chi connectivity index (χ1v) is 7.61. The number of nitrogen functional groups attached to an aromatic ring is 1. The number of benzene rings is 2. The minimum absolute atomic E-state index is 0.784. The molecule has 0 aliphatic heterocycles. The second kappa shape index (κ2) is 6.55. The average Bonchev–Trinajstić information content (AvgIpc) is 2.38. The SMILES string of the molecule is CN(Cc1ccccc1Br)Cc1cccc(N)c1Br. The number of nitrogens with two attached hydrogens (primary N) is 1. The molecular formula is C15H16Br2N2. The van der Waals surface area contributed by atoms with Crippen molar-refractivity contribution in [2.24, 2.45) is 0 Å². The van der Waals surface area contributed by atoms with Gasteiger partial charge in [0.15, 0.2) is 0 Å². The second-order valence-corrected chi connectivity index (χ2v) is 6.23. The lowest BCUT2D eigenvalue weighted by Gasteiger charge is -2.19. The maximum Gasteiger partial charge on any atom is 0.0461 e. The molecule has 0 aliphatic carbocycles. The molecule has 2 aromatic rings. The zero-order valence-electron chi connectivity index (χ0n) is 10.7. The van der Waals surface area contributed by atoms with Gasteiger partial charge in [-0.3, -0.25) is 4.90 Å². The highest BCUT2D eigenvalue weighted by atomic mass is 79.9. The molecule has 19 heavy (non-hydrogen) atoms. The molecule has 0 radical (unpaired) electrons. The van der Waals surface area contributed by atoms with Gasteiger partial charge in [-0.25, -0.2) is 0 Å². The molecule has 2 nitrogen and oxygen atoms in total. The van der Waals surface area contributed by atoms with Gasteiger partial charge in [-0.15, -0.1) is 0 Å². The van der Waals surface area contributed by atoms with Crippen molar-refractivity contribution in [2.45, 2.75) is 13.1 Å². The van der Waals surface area contributed by atoms with Crippen LogP contribution in [0.4, 0.5) is 5.69 Å². The smallest absolute Gasteiger partial charge is 0.0461 e. The lowest BCUT2D eigenvalue weighted by Crippen LogP contribution is -2.18. The summed E-state index contributed by atoms with van der Waals surface area (Å²) in [4.78, 5) is 2.26. The molecule has 100 valence electrons. The fourth-order valence-corrected chi connectivity index (χ4v) is 2.79. The molecule has 0 unspecified atom stereocenters. The van der Waals surface area contributed by atoms with Gasteiger partial charge in [-0.1, -0.05) is 46.3 Å². The first-order valence-electron chi connectivity index (χ1n) is 6.02. The van der Waals surface area contributed by atoms with Crippen LogP contribution in [0.15, 0.2) is 51.4 Å². The zero-order valence-corrected chi connectivity index (χ0v) is 13.9. The maximum absolute atomic E-state index is 5.90. The van der Waals surface area contributed by atoms with Gasteiger partial charge in [0.05, 0.1) is 0 Å². The van der Waals surface area contributed by atoms with Gasteiger partial charge in [0.25, 0.3) is 0 Å². The third-order valence-corrected chi connectivity index (χ3v) is 4.69. The van der Waals surface area contributed by atoms with E-state index in [1.165, 1.54) is 11.1 Å². The summed E-state index contributed by atoms with van der Waals surface area (Å²) < 4.78 is 2.14. The van der Waals surface area contributed by atoms with Crippen LogP contribution in [0.1, 0.15) is 11.1 Å². The molecule has 0 heterocycles. The largest absolute Gasteiger partial charge is 0.398 e. The number of halogens is 2. The molecule has 0 amide bonds. The van der Waals surface area contributed by atoms with E-state index in [0.29, 0.717) is 0 Å². The van der Waals surface area contributed by atoms with E-state index in [1.54, 1.807) is 0 Å². The number of hydrogen-bond acceptors (Lipinski definition) is 2. The van der Waals surface area contributed by atoms with Crippen LogP contribution in [0, 0.1) is 0 Å². The molecule has 0 aliphatic rings. The summed E-state index contributed by atoms with van der Waals surface area (Å²) in [6.45, 7) is 1.75. The topological polar surface area (TPSA) is 29.3 Å². The number of rotatable bonds is 4. The Hall–Kier alpha value is -0.840. The van der Waals surface area contributed by atoms with Crippen molar-refractivity contribution in [1.29, 1.82) is 0 Å². The van der Waals surface area contributed by atoms with Crippen molar-refractivity contribution in [3.8, 4) is 0 Å². The van der Waals surface area contributed by atoms with Crippen LogP contribution < -0.4 is 5.73 Å². The Labute approximate surface area is 130 Å². The van der Waals surface area contributed by atoms with E-state index in [-0.39, 0.29) is 0 Å². The summed E-state index contributed by atoms with van der Waals surface area (Å²) >= 11 is 7.13. The van der Waals surface area contributed by atoms with Crippen LogP contribution in [0.25, 0.3) is 0 Å². The van der Waals surface area contributed by atoms with Gasteiger partial charge >= 0.3 is 0 Å². The van der Waals surface area contributed by atoms with Crippen LogP contribution >= 0.6 is 31.9 Å². The van der Waals surface area contributed by atoms with Crippen molar-refractivity contribution < 1.29 is 0 Å². The summed E-state index contributed by atoms with van der Waals surface area (Å²) in [7, 11) is 2.11. The minimum Gasteiger partial charge on any atom is -0.398 e. The summed E-state index contributed by atoms with van der Waals surface area (Å²) in [6, 6.07) is 14.3. The predicted octanol–water partition coefficient (Wildman–Crippen LogP) is 4.43. The minimum atomic E-state index is 0.784. The number of hydrogen-bond donors (Lipinski definition) is 1. The van der Waals surface area contributed by atoms with E-state index in [1.807, 2.05) is 18.2 Å². The molecular weight excluding hydrogens is 368 g/mol. The maximum atomic E-state index is 5.90. The number of anilines is 1. The summed E-state index contributed by atoms with van der Waals surface area (Å²) in [5.74, 6) is 0. The molecule has 0 fully saturated rings. The van der Waals surface area contributed by atoms with E-state index in [9.17, 15) is 0 Å². The lowest BCUT2D eigenvalue weighted by molar-refractivity contribution is 0.318. The van der Waals surface area contributed by atoms with Gasteiger partial charge < -0.3 is 5.73 Å². The van der Waals surface area contributed by atoms with E-state index in [2.05, 4.69) is 68.1 Å². The molecule has 0 bridgehead atoms. The first-order chi connectivity index (χ1) is 9.08. The van der Waals surface area contributed by atoms with Crippen molar-refractivity contribution in [2.75, 3.05) is 12.8 Å². The summed E-state index contributed by atoms with van der Waals surface area (Å²) in [5.41, 5.74) is 9.17. The Morgan fingerprint density at radius 2 is 1.58 bits per heavy atom. The zero-order chi connectivity index (χ0) is 13.8. The third-order valence-electron chi connectivity index (χ3n) is 2.95. The fraction of sp³-hybridized carbons (Fsp3) is 0.200. The van der Waals surface area contributed by atoms with Crippen LogP contribution in [0.5, 0.6) is 0 Å². The Kier molecular flexibility index (Phi) is 5.02. The molecule has 2 N–H and O–H groups in total. The molecule has 0 saturated carbocycles. The Morgan fingerprint density at radius 1 is 0.947 bits per heavy atom. The van der Waals surface area contributed by atoms with Gasteiger partial charge in [-0.05, 0) is 46.2 Å². The summed E-state index contributed by atoms with van der Waals surface area (Å²) in [5, 5.41) is 0. The monoisotopic (exact) mass is 382 g/mol. The third kappa shape index (κ3) is 3.81. The Bertz CT molecular complexity index is 570. The van der Waals surface area contributed by atoms with Crippen LogP contribution in [0.2, 0.25) is 0 Å². The van der Waals surface area contributed by atoms with Crippen molar-refractivity contribution in [1.82, 2.24) is 4.90 Å². The molecule has 0 aromatic heterocycles. The van der Waals surface area contributed by atoms with Crippen molar-refractivity contribution in [3.63, 3.8) is 0 Å². The van der Waals surface area contributed by atoms with E-state index in [0.717, 1.165) is 27.7 Å². The van der Waals surface area contributed by atoms with Gasteiger partial charge in [0, 0.05) is 27.7 Å². The summed E-state index contributed by atoms with van der Waals surface area (Å²) in [6.07, 6.45) is 0. The van der Waals surface area contributed by atoms with Crippen LogP contribution in [-0.4, -0.2) is 11.9 Å². The standard InChI is InChI=1S/C15H16Br2N2/c1-19(9-11-5-2-3-7-13(11)16)10-12-6-4-8-14(18)15(12)17/h2-8H,9-10,18H2,1H3. The van der Waals surface area contributed by atoms with Gasteiger partial charge in [-0.2, -0.15) is 0 Å². The molecule has 2 rings (SSSR count). The van der Waals surface area contributed by atoms with Crippen molar-refractivity contribution in [3.05, 3.63) is 62.5 Å². The molecule has 0 saturated heterocycles. The Balaban J connectivity index is 2.08. The highest BCUT2D eigenvalue weighted by Crippen LogP contribution is 2.25. The second-order valence-electron chi connectivity index (χ2n) is 4.58. The van der Waals surface area contributed by atoms with Gasteiger partial charge in [0.2, 0.25) is 0 Å². The average molecular weight is 384 g/mol. The van der Waals surface area contributed by atoms with Crippen molar-refractivity contribution >= 4 is 37.5 Å². The highest BCUT2D eigenvalue weighted by Gasteiger charge is 2.08. The van der Waals surface area contributed by atoms with E-state index in [4.69, 9.17) is 5.73 Å². The Morgan fingerprint density at radius 3 is 2.32 bits per heavy atom. The van der Waals surface area contributed by atoms with Gasteiger partial charge in [0.1, 0.15) is 0 Å².